The Kier molecular flexibility index (Phi) is 5.72. The second-order valence-corrected chi connectivity index (χ2v) is 19.6. The quantitative estimate of drug-likeness (QED) is 0.382. The Morgan fingerprint density at radius 2 is 1.19 bits per heavy atom. The summed E-state index contributed by atoms with van der Waals surface area (Å²) in [6.45, 7) is 11.0. The van der Waals surface area contributed by atoms with E-state index in [1.807, 2.05) is 0 Å². The molecule has 1 heteroatoms. The van der Waals surface area contributed by atoms with Crippen LogP contribution in [-0.4, -0.2) is 8.07 Å². The topological polar surface area (TPSA) is 0 Å². The highest BCUT2D eigenvalue weighted by molar-refractivity contribution is 6.80. The van der Waals surface area contributed by atoms with Crippen LogP contribution in [0.5, 0.6) is 0 Å². The molecule has 0 saturated heterocycles. The Morgan fingerprint density at radius 3 is 1.84 bits per heavy atom. The van der Waals surface area contributed by atoms with Gasteiger partial charge < -0.3 is 0 Å². The minimum Gasteiger partial charge on any atom is -0.0689 e. The van der Waals surface area contributed by atoms with Crippen molar-refractivity contribution in [3.8, 4) is 0 Å². The van der Waals surface area contributed by atoms with Crippen LogP contribution in [0.1, 0.15) is 104 Å². The van der Waals surface area contributed by atoms with Crippen LogP contribution in [0.25, 0.3) is 0 Å². The highest BCUT2D eigenvalue weighted by Gasteiger charge is 2.59. The molecule has 0 aromatic heterocycles. The zero-order chi connectivity index (χ0) is 21.3. The molecule has 6 fully saturated rings. The first-order chi connectivity index (χ1) is 15.0. The van der Waals surface area contributed by atoms with Crippen LogP contribution in [0.2, 0.25) is 24.2 Å². The maximum absolute atomic E-state index is 2.93. The van der Waals surface area contributed by atoms with Crippen molar-refractivity contribution in [1.29, 1.82) is 0 Å². The summed E-state index contributed by atoms with van der Waals surface area (Å²) in [6.07, 6.45) is 22.4. The number of hydrogen-bond acceptors (Lipinski definition) is 0. The summed E-state index contributed by atoms with van der Waals surface area (Å²) >= 11 is 0. The normalized spacial score (nSPS) is 52.5. The van der Waals surface area contributed by atoms with Crippen molar-refractivity contribution in [2.24, 2.45) is 59.2 Å². The Hall–Kier alpha value is 0.217. The molecule has 31 heavy (non-hydrogen) atoms. The lowest BCUT2D eigenvalue weighted by atomic mass is 9.67. The van der Waals surface area contributed by atoms with Gasteiger partial charge in [-0.3, -0.25) is 0 Å². The summed E-state index contributed by atoms with van der Waals surface area (Å²) in [6, 6.07) is 0. The van der Waals surface area contributed by atoms with E-state index in [2.05, 4.69) is 26.9 Å². The molecule has 6 aliphatic carbocycles. The molecule has 6 aliphatic rings. The average Bonchev–Trinajstić information content (AvgIpc) is 3.53. The summed E-state index contributed by atoms with van der Waals surface area (Å²) in [5.41, 5.74) is 2.35. The smallest absolute Gasteiger partial charge is 0.0541 e. The summed E-state index contributed by atoms with van der Waals surface area (Å²) in [4.78, 5) is 0. The standard InChI is InChI=1S/C30H52Si/c1-5-19(2)25-18-30(28-17-23-11-7-10-22(23)16-27(25)28)31(3,4)29-13-12-24-14-20-8-6-9-21(20)15-26(24)29/h19-30H,5-18H2,1-4H3. The Morgan fingerprint density at radius 1 is 0.613 bits per heavy atom. The first-order valence-electron chi connectivity index (χ1n) is 15.0. The van der Waals surface area contributed by atoms with Crippen LogP contribution >= 0.6 is 0 Å². The van der Waals surface area contributed by atoms with E-state index in [1.54, 1.807) is 83.5 Å². The number of fused-ring (bicyclic) bond motifs is 4. The first-order valence-corrected chi connectivity index (χ1v) is 18.1. The molecule has 0 spiro atoms. The van der Waals surface area contributed by atoms with E-state index in [9.17, 15) is 0 Å². The summed E-state index contributed by atoms with van der Waals surface area (Å²) in [5.74, 6) is 11.2. The SMILES string of the molecule is CCC(C)C1CC([Si](C)(C)C2CCC3CC4CCCC4CC32)C2CC3CCCC3CC12. The van der Waals surface area contributed by atoms with Crippen LogP contribution in [0.15, 0.2) is 0 Å². The van der Waals surface area contributed by atoms with Crippen LogP contribution in [0, 0.1) is 59.2 Å². The molecule has 6 rings (SSSR count). The Bertz CT molecular complexity index is 653. The van der Waals surface area contributed by atoms with Gasteiger partial charge in [0.15, 0.2) is 0 Å². The molecular formula is C30H52Si. The van der Waals surface area contributed by atoms with Gasteiger partial charge in [0.2, 0.25) is 0 Å². The van der Waals surface area contributed by atoms with Gasteiger partial charge in [0.05, 0.1) is 8.07 Å². The maximum atomic E-state index is 2.93. The van der Waals surface area contributed by atoms with Crippen LogP contribution in [0.3, 0.4) is 0 Å². The minimum atomic E-state index is -1.24. The third kappa shape index (κ3) is 3.47. The molecule has 0 amide bonds. The summed E-state index contributed by atoms with van der Waals surface area (Å²) in [5, 5.41) is 0. The van der Waals surface area contributed by atoms with E-state index in [1.165, 1.54) is 17.5 Å². The van der Waals surface area contributed by atoms with Gasteiger partial charge in [-0.05, 0) is 102 Å². The van der Waals surface area contributed by atoms with E-state index in [0.29, 0.717) is 0 Å². The lowest BCUT2D eigenvalue weighted by Gasteiger charge is -2.47. The molecule has 0 N–H and O–H groups in total. The molecule has 0 nitrogen and oxygen atoms in total. The van der Waals surface area contributed by atoms with Gasteiger partial charge in [-0.25, -0.2) is 0 Å². The van der Waals surface area contributed by atoms with E-state index in [-0.39, 0.29) is 0 Å². The van der Waals surface area contributed by atoms with E-state index in [0.717, 1.165) is 59.2 Å². The molecule has 12 unspecified atom stereocenters. The molecule has 0 bridgehead atoms. The average molecular weight is 441 g/mol. The highest BCUT2D eigenvalue weighted by atomic mass is 28.3. The molecular weight excluding hydrogens is 388 g/mol. The van der Waals surface area contributed by atoms with Gasteiger partial charge in [-0.1, -0.05) is 84.7 Å². The van der Waals surface area contributed by atoms with Gasteiger partial charge in [0.1, 0.15) is 0 Å². The van der Waals surface area contributed by atoms with Crippen molar-refractivity contribution >= 4 is 8.07 Å². The highest BCUT2D eigenvalue weighted by Crippen LogP contribution is 2.67. The number of hydrogen-bond donors (Lipinski definition) is 0. The van der Waals surface area contributed by atoms with Crippen molar-refractivity contribution in [1.82, 2.24) is 0 Å². The summed E-state index contributed by atoms with van der Waals surface area (Å²) in [7, 11) is -1.24. The van der Waals surface area contributed by atoms with Crippen molar-refractivity contribution < 1.29 is 0 Å². The second kappa shape index (κ2) is 8.16. The molecule has 176 valence electrons. The van der Waals surface area contributed by atoms with Crippen molar-refractivity contribution in [3.63, 3.8) is 0 Å². The predicted molar refractivity (Wildman–Crippen MR) is 136 cm³/mol. The van der Waals surface area contributed by atoms with Crippen LogP contribution in [-0.2, 0) is 0 Å². The fraction of sp³-hybridized carbons (Fsp3) is 1.00. The predicted octanol–water partition coefficient (Wildman–Crippen LogP) is 9.18. The Balaban J connectivity index is 1.26. The Labute approximate surface area is 195 Å². The van der Waals surface area contributed by atoms with Gasteiger partial charge >= 0.3 is 0 Å². The van der Waals surface area contributed by atoms with Crippen LogP contribution < -0.4 is 0 Å². The van der Waals surface area contributed by atoms with Crippen molar-refractivity contribution in [2.45, 2.75) is 128 Å². The first kappa shape index (κ1) is 21.7. The van der Waals surface area contributed by atoms with Gasteiger partial charge in [0, 0.05) is 0 Å². The molecule has 0 aliphatic heterocycles. The minimum absolute atomic E-state index is 0.977. The largest absolute Gasteiger partial charge is 0.0689 e. The van der Waals surface area contributed by atoms with Crippen molar-refractivity contribution in [3.05, 3.63) is 0 Å². The lowest BCUT2D eigenvalue weighted by molar-refractivity contribution is 0.109. The van der Waals surface area contributed by atoms with Crippen molar-refractivity contribution in [2.75, 3.05) is 0 Å². The fourth-order valence-corrected chi connectivity index (χ4v) is 17.0. The third-order valence-electron chi connectivity index (χ3n) is 13.4. The van der Waals surface area contributed by atoms with E-state index in [4.69, 9.17) is 0 Å². The van der Waals surface area contributed by atoms with E-state index < -0.39 is 8.07 Å². The molecule has 6 saturated carbocycles. The molecule has 0 heterocycles. The van der Waals surface area contributed by atoms with Gasteiger partial charge in [0.25, 0.3) is 0 Å². The van der Waals surface area contributed by atoms with E-state index >= 15 is 0 Å². The third-order valence-corrected chi connectivity index (χ3v) is 18.6. The second-order valence-electron chi connectivity index (χ2n) is 14.5. The zero-order valence-electron chi connectivity index (χ0n) is 21.3. The maximum Gasteiger partial charge on any atom is 0.0541 e. The monoisotopic (exact) mass is 440 g/mol. The fourth-order valence-electron chi connectivity index (χ4n) is 11.7. The van der Waals surface area contributed by atoms with Gasteiger partial charge in [-0.2, -0.15) is 0 Å². The molecule has 0 aromatic rings. The molecule has 12 atom stereocenters. The summed E-state index contributed by atoms with van der Waals surface area (Å²) < 4.78 is 0. The van der Waals surface area contributed by atoms with Gasteiger partial charge in [-0.15, -0.1) is 0 Å². The number of rotatable bonds is 4. The molecule has 0 radical (unpaired) electrons. The zero-order valence-corrected chi connectivity index (χ0v) is 22.3. The van der Waals surface area contributed by atoms with Crippen LogP contribution in [0.4, 0.5) is 0 Å². The lowest BCUT2D eigenvalue weighted by Crippen LogP contribution is -2.45. The molecule has 0 aromatic carbocycles.